The number of nitriles is 2. The fourth-order valence-corrected chi connectivity index (χ4v) is 5.38. The number of halogens is 3. The Morgan fingerprint density at radius 2 is 1.76 bits per heavy atom. The Kier molecular flexibility index (Phi) is 6.84. The van der Waals surface area contributed by atoms with E-state index in [0.717, 1.165) is 21.2 Å². The fourth-order valence-electron chi connectivity index (χ4n) is 4.98. The summed E-state index contributed by atoms with van der Waals surface area (Å²) in [5, 5.41) is 18.6. The predicted molar refractivity (Wildman–Crippen MR) is 132 cm³/mol. The van der Waals surface area contributed by atoms with Crippen molar-refractivity contribution in [2.24, 2.45) is 5.92 Å². The van der Waals surface area contributed by atoms with E-state index in [0.29, 0.717) is 30.8 Å². The molecule has 0 unspecified atom stereocenters. The minimum Gasteiger partial charge on any atom is -0.298 e. The van der Waals surface area contributed by atoms with Gasteiger partial charge in [-0.15, -0.1) is 0 Å². The second kappa shape index (κ2) is 9.66. The van der Waals surface area contributed by atoms with Gasteiger partial charge in [-0.25, -0.2) is 8.78 Å². The molecule has 34 heavy (non-hydrogen) atoms. The fraction of sp³-hybridized carbons (Fsp3) is 0.286. The van der Waals surface area contributed by atoms with Gasteiger partial charge in [0.05, 0.1) is 23.3 Å². The van der Waals surface area contributed by atoms with E-state index in [1.807, 2.05) is 48.5 Å². The van der Waals surface area contributed by atoms with Crippen LogP contribution in [0.3, 0.4) is 0 Å². The summed E-state index contributed by atoms with van der Waals surface area (Å²) < 4.78 is 30.3. The predicted octanol–water partition coefficient (Wildman–Crippen LogP) is 6.96. The van der Waals surface area contributed by atoms with E-state index in [4.69, 9.17) is 0 Å². The zero-order valence-electron chi connectivity index (χ0n) is 19.0. The lowest BCUT2D eigenvalue weighted by Crippen LogP contribution is -2.52. The first-order valence-electron chi connectivity index (χ1n) is 11.1. The molecule has 1 saturated heterocycles. The summed E-state index contributed by atoms with van der Waals surface area (Å²) in [5.41, 5.74) is 2.87. The highest BCUT2D eigenvalue weighted by Gasteiger charge is 2.43. The number of hydrogen-bond acceptors (Lipinski definition) is 3. The first kappa shape index (κ1) is 24.1. The SMILES string of the molecule is CC(C)(F)[C@@H](c1cc(F)cc(C#N)c1)C1CN(Cc2ccc(C#N)cc2-c2cccc(Br)c2)C1. The normalized spacial score (nSPS) is 15.3. The van der Waals surface area contributed by atoms with Crippen molar-refractivity contribution in [1.29, 1.82) is 10.5 Å². The number of hydrogen-bond donors (Lipinski definition) is 0. The first-order chi connectivity index (χ1) is 16.2. The quantitative estimate of drug-likeness (QED) is 0.353. The Morgan fingerprint density at radius 1 is 1.03 bits per heavy atom. The van der Waals surface area contributed by atoms with E-state index in [1.54, 1.807) is 6.07 Å². The number of benzene rings is 3. The van der Waals surface area contributed by atoms with Gasteiger partial charge in [0.1, 0.15) is 11.5 Å². The van der Waals surface area contributed by atoms with Crippen LogP contribution in [0.4, 0.5) is 8.78 Å². The largest absolute Gasteiger partial charge is 0.298 e. The Balaban J connectivity index is 1.56. The summed E-state index contributed by atoms with van der Waals surface area (Å²) in [5.74, 6) is -1.03. The molecule has 4 rings (SSSR count). The Bertz CT molecular complexity index is 1290. The van der Waals surface area contributed by atoms with Crippen LogP contribution in [0.15, 0.2) is 65.1 Å². The minimum absolute atomic E-state index is 0.000967. The molecule has 3 aromatic carbocycles. The van der Waals surface area contributed by atoms with Crippen LogP contribution in [0.25, 0.3) is 11.1 Å². The van der Waals surface area contributed by atoms with Gasteiger partial charge in [0, 0.05) is 30.0 Å². The highest BCUT2D eigenvalue weighted by molar-refractivity contribution is 9.10. The van der Waals surface area contributed by atoms with Gasteiger partial charge in [0.15, 0.2) is 0 Å². The van der Waals surface area contributed by atoms with Gasteiger partial charge in [-0.1, -0.05) is 34.1 Å². The van der Waals surface area contributed by atoms with Crippen molar-refractivity contribution in [2.45, 2.75) is 32.0 Å². The third-order valence-electron chi connectivity index (χ3n) is 6.37. The second-order valence-electron chi connectivity index (χ2n) is 9.38. The van der Waals surface area contributed by atoms with Crippen LogP contribution in [0, 0.1) is 34.4 Å². The van der Waals surface area contributed by atoms with E-state index in [-0.39, 0.29) is 11.5 Å². The molecule has 3 aromatic rings. The Hall–Kier alpha value is -3.06. The maximum Gasteiger partial charge on any atom is 0.124 e. The third-order valence-corrected chi connectivity index (χ3v) is 6.87. The van der Waals surface area contributed by atoms with Crippen LogP contribution in [0.5, 0.6) is 0 Å². The van der Waals surface area contributed by atoms with Crippen molar-refractivity contribution in [1.82, 2.24) is 4.90 Å². The van der Waals surface area contributed by atoms with Crippen LogP contribution in [0.2, 0.25) is 0 Å². The summed E-state index contributed by atoms with van der Waals surface area (Å²) in [6, 6.07) is 22.0. The zero-order chi connectivity index (χ0) is 24.5. The van der Waals surface area contributed by atoms with Gasteiger partial charge in [0.2, 0.25) is 0 Å². The molecule has 172 valence electrons. The smallest absolute Gasteiger partial charge is 0.124 e. The monoisotopic (exact) mass is 519 g/mol. The van der Waals surface area contributed by atoms with Gasteiger partial charge in [0.25, 0.3) is 0 Å². The summed E-state index contributed by atoms with van der Waals surface area (Å²) in [7, 11) is 0. The maximum absolute atomic E-state index is 15.3. The van der Waals surface area contributed by atoms with Crippen molar-refractivity contribution in [3.8, 4) is 23.3 Å². The highest BCUT2D eigenvalue weighted by atomic mass is 79.9. The molecular formula is C28H24BrF2N3. The van der Waals surface area contributed by atoms with Gasteiger partial charge in [-0.2, -0.15) is 10.5 Å². The molecule has 0 aromatic heterocycles. The van der Waals surface area contributed by atoms with Crippen LogP contribution in [-0.2, 0) is 6.54 Å². The summed E-state index contributed by atoms with van der Waals surface area (Å²) >= 11 is 3.52. The molecule has 0 aliphatic carbocycles. The van der Waals surface area contributed by atoms with E-state index < -0.39 is 17.4 Å². The standard InChI is InChI=1S/C28H24BrF2N3/c1-28(2,31)27(22-8-19(14-33)9-25(30)12-22)23-16-34(17-23)15-21-7-6-18(13-32)10-26(21)20-4-3-5-24(29)11-20/h3-12,23,27H,15-17H2,1-2H3/t27-/m0/s1. The summed E-state index contributed by atoms with van der Waals surface area (Å²) in [6.45, 7) is 5.02. The number of likely N-dealkylation sites (tertiary alicyclic amines) is 1. The average molecular weight is 520 g/mol. The second-order valence-corrected chi connectivity index (χ2v) is 10.3. The lowest BCUT2D eigenvalue weighted by molar-refractivity contribution is 0.0213. The number of alkyl halides is 1. The molecule has 3 nitrogen and oxygen atoms in total. The first-order valence-corrected chi connectivity index (χ1v) is 11.9. The zero-order valence-corrected chi connectivity index (χ0v) is 20.6. The molecule has 1 heterocycles. The molecular weight excluding hydrogens is 496 g/mol. The molecule has 6 heteroatoms. The van der Waals surface area contributed by atoms with E-state index in [1.165, 1.54) is 26.0 Å². The van der Waals surface area contributed by atoms with Crippen molar-refractivity contribution in [3.05, 3.63) is 93.2 Å². The van der Waals surface area contributed by atoms with Crippen LogP contribution in [-0.4, -0.2) is 23.7 Å². The Labute approximate surface area is 207 Å². The van der Waals surface area contributed by atoms with Crippen molar-refractivity contribution >= 4 is 15.9 Å². The highest BCUT2D eigenvalue weighted by Crippen LogP contribution is 2.43. The molecule has 0 N–H and O–H groups in total. The third kappa shape index (κ3) is 5.20. The van der Waals surface area contributed by atoms with Gasteiger partial charge < -0.3 is 0 Å². The van der Waals surface area contributed by atoms with Crippen molar-refractivity contribution < 1.29 is 8.78 Å². The van der Waals surface area contributed by atoms with Crippen LogP contribution in [0.1, 0.15) is 42.0 Å². The van der Waals surface area contributed by atoms with Gasteiger partial charge in [-0.3, -0.25) is 4.90 Å². The van der Waals surface area contributed by atoms with Crippen LogP contribution < -0.4 is 0 Å². The molecule has 1 fully saturated rings. The lowest BCUT2D eigenvalue weighted by Gasteiger charge is -2.47. The lowest BCUT2D eigenvalue weighted by atomic mass is 9.72. The topological polar surface area (TPSA) is 50.8 Å². The minimum atomic E-state index is -1.56. The molecule has 0 saturated carbocycles. The molecule has 0 radical (unpaired) electrons. The van der Waals surface area contributed by atoms with Crippen molar-refractivity contribution in [3.63, 3.8) is 0 Å². The summed E-state index contributed by atoms with van der Waals surface area (Å²) in [6.07, 6.45) is 0. The molecule has 0 bridgehead atoms. The molecule has 0 amide bonds. The molecule has 0 spiro atoms. The Morgan fingerprint density at radius 3 is 2.41 bits per heavy atom. The molecule has 1 atom stereocenters. The maximum atomic E-state index is 15.3. The van der Waals surface area contributed by atoms with E-state index >= 15 is 4.39 Å². The molecule has 1 aliphatic heterocycles. The van der Waals surface area contributed by atoms with E-state index in [2.05, 4.69) is 26.9 Å². The van der Waals surface area contributed by atoms with Gasteiger partial charge in [-0.05, 0) is 84.5 Å². The average Bonchev–Trinajstić information content (AvgIpc) is 2.76. The van der Waals surface area contributed by atoms with Gasteiger partial charge >= 0.3 is 0 Å². The number of rotatable bonds is 6. The number of nitrogens with zero attached hydrogens (tertiary/aromatic N) is 3. The summed E-state index contributed by atoms with van der Waals surface area (Å²) in [4.78, 5) is 2.23. The van der Waals surface area contributed by atoms with E-state index in [9.17, 15) is 14.9 Å². The van der Waals surface area contributed by atoms with Crippen LogP contribution >= 0.6 is 15.9 Å². The molecule has 1 aliphatic rings. The van der Waals surface area contributed by atoms with Crippen molar-refractivity contribution in [2.75, 3.05) is 13.1 Å².